The zero-order chi connectivity index (χ0) is 23.8. The van der Waals surface area contributed by atoms with Gasteiger partial charge in [-0.15, -0.1) is 0 Å². The van der Waals surface area contributed by atoms with Crippen molar-refractivity contribution >= 4 is 33.9 Å². The Morgan fingerprint density at radius 3 is 2.18 bits per heavy atom. The Labute approximate surface area is 210 Å². The van der Waals surface area contributed by atoms with Crippen LogP contribution in [0.3, 0.4) is 0 Å². The molecule has 0 aliphatic carbocycles. The number of benzene rings is 3. The molecule has 0 saturated carbocycles. The van der Waals surface area contributed by atoms with E-state index in [1.165, 1.54) is 49.7 Å². The van der Waals surface area contributed by atoms with Crippen molar-refractivity contribution in [2.24, 2.45) is 4.99 Å². The van der Waals surface area contributed by atoms with Crippen LogP contribution in [0.1, 0.15) is 62.1 Å². The minimum atomic E-state index is -0.431. The maximum atomic E-state index is 12.3. The molecule has 34 heavy (non-hydrogen) atoms. The number of carbonyl (C=O) groups excluding carboxylic acids is 1. The molecular formula is C30H30BrNO2. The van der Waals surface area contributed by atoms with Gasteiger partial charge in [0.1, 0.15) is 0 Å². The molecule has 174 valence electrons. The second kappa shape index (κ2) is 11.9. The van der Waals surface area contributed by atoms with E-state index in [0.717, 1.165) is 27.6 Å². The number of nitrogens with zero attached hydrogens (tertiary/aromatic N) is 1. The quantitative estimate of drug-likeness (QED) is 0.154. The van der Waals surface area contributed by atoms with Crippen molar-refractivity contribution in [2.75, 3.05) is 0 Å². The Kier molecular flexibility index (Phi) is 8.48. The number of rotatable bonds is 10. The van der Waals surface area contributed by atoms with E-state index in [0.29, 0.717) is 11.6 Å². The molecule has 1 heterocycles. The Balaban J connectivity index is 1.38. The van der Waals surface area contributed by atoms with Crippen LogP contribution in [0.2, 0.25) is 0 Å². The molecule has 0 saturated heterocycles. The molecule has 3 nitrogen and oxygen atoms in total. The fourth-order valence-corrected chi connectivity index (χ4v) is 4.48. The number of hydrogen-bond acceptors (Lipinski definition) is 3. The summed E-state index contributed by atoms with van der Waals surface area (Å²) in [6.07, 6.45) is 10.8. The lowest BCUT2D eigenvalue weighted by molar-refractivity contribution is -0.129. The largest absolute Gasteiger partial charge is 0.402 e. The molecule has 0 spiro atoms. The summed E-state index contributed by atoms with van der Waals surface area (Å²) < 4.78 is 6.37. The Morgan fingerprint density at radius 2 is 1.47 bits per heavy atom. The van der Waals surface area contributed by atoms with E-state index < -0.39 is 5.97 Å². The van der Waals surface area contributed by atoms with Gasteiger partial charge < -0.3 is 4.74 Å². The number of esters is 1. The molecule has 1 aliphatic rings. The molecule has 0 amide bonds. The Hall–Kier alpha value is -2.98. The van der Waals surface area contributed by atoms with Crippen molar-refractivity contribution in [1.82, 2.24) is 0 Å². The van der Waals surface area contributed by atoms with Crippen LogP contribution in [0.4, 0.5) is 0 Å². The summed E-state index contributed by atoms with van der Waals surface area (Å²) in [5.41, 5.74) is 5.69. The molecule has 1 aliphatic heterocycles. The van der Waals surface area contributed by atoms with Gasteiger partial charge in [-0.05, 0) is 65.4 Å². The summed E-state index contributed by atoms with van der Waals surface area (Å²) in [5.74, 6) is -0.0907. The van der Waals surface area contributed by atoms with Gasteiger partial charge in [0.25, 0.3) is 0 Å². The van der Waals surface area contributed by atoms with Gasteiger partial charge in [0.05, 0.1) is 0 Å². The maximum absolute atomic E-state index is 12.3. The summed E-state index contributed by atoms with van der Waals surface area (Å²) >= 11 is 3.45. The lowest BCUT2D eigenvalue weighted by atomic mass is 10.00. The minimum Gasteiger partial charge on any atom is -0.402 e. The number of cyclic esters (lactones) is 1. The number of carbonyl (C=O) groups is 1. The predicted octanol–water partition coefficient (Wildman–Crippen LogP) is 8.36. The van der Waals surface area contributed by atoms with Gasteiger partial charge in [0, 0.05) is 10.0 Å². The van der Waals surface area contributed by atoms with Gasteiger partial charge in [-0.3, -0.25) is 0 Å². The van der Waals surface area contributed by atoms with Crippen LogP contribution in [-0.2, 0) is 16.0 Å². The molecule has 4 heteroatoms. The predicted molar refractivity (Wildman–Crippen MR) is 144 cm³/mol. The van der Waals surface area contributed by atoms with Gasteiger partial charge >= 0.3 is 5.97 Å². The average molecular weight is 516 g/mol. The third kappa shape index (κ3) is 6.54. The fourth-order valence-electron chi connectivity index (χ4n) is 4.07. The second-order valence-corrected chi connectivity index (χ2v) is 9.60. The SMILES string of the molecule is CCCCCCCCc1ccc(-c2ccc(C3=N/C(=C\c4cccc(Br)c4)C(=O)O3)cc2)cc1. The smallest absolute Gasteiger partial charge is 0.363 e. The zero-order valence-corrected chi connectivity index (χ0v) is 21.2. The Morgan fingerprint density at radius 1 is 0.824 bits per heavy atom. The molecule has 0 bridgehead atoms. The summed E-state index contributed by atoms with van der Waals surface area (Å²) in [6, 6.07) is 24.6. The van der Waals surface area contributed by atoms with Crippen LogP contribution in [0, 0.1) is 0 Å². The van der Waals surface area contributed by atoms with Crippen LogP contribution < -0.4 is 0 Å². The van der Waals surface area contributed by atoms with Crippen LogP contribution in [0.15, 0.2) is 88.0 Å². The van der Waals surface area contributed by atoms with Crippen molar-refractivity contribution in [1.29, 1.82) is 0 Å². The van der Waals surface area contributed by atoms with Crippen LogP contribution in [0.5, 0.6) is 0 Å². The molecule has 3 aromatic carbocycles. The first kappa shape index (κ1) is 24.2. The van der Waals surface area contributed by atoms with E-state index in [9.17, 15) is 4.79 Å². The lowest BCUT2D eigenvalue weighted by Gasteiger charge is -2.06. The van der Waals surface area contributed by atoms with Crippen LogP contribution >= 0.6 is 15.9 Å². The van der Waals surface area contributed by atoms with Crippen LogP contribution in [0.25, 0.3) is 17.2 Å². The highest BCUT2D eigenvalue weighted by atomic mass is 79.9. The van der Waals surface area contributed by atoms with Crippen molar-refractivity contribution in [2.45, 2.75) is 51.9 Å². The first-order valence-corrected chi connectivity index (χ1v) is 12.9. The highest BCUT2D eigenvalue weighted by Gasteiger charge is 2.24. The first-order valence-electron chi connectivity index (χ1n) is 12.1. The normalized spacial score (nSPS) is 14.4. The summed E-state index contributed by atoms with van der Waals surface area (Å²) in [4.78, 5) is 16.7. The highest BCUT2D eigenvalue weighted by Crippen LogP contribution is 2.24. The number of hydrogen-bond donors (Lipinski definition) is 0. The van der Waals surface area contributed by atoms with E-state index in [1.807, 2.05) is 48.5 Å². The fraction of sp³-hybridized carbons (Fsp3) is 0.267. The molecule has 0 N–H and O–H groups in total. The number of ether oxygens (including phenoxy) is 1. The first-order chi connectivity index (χ1) is 16.6. The second-order valence-electron chi connectivity index (χ2n) is 8.68. The number of unbranched alkanes of at least 4 members (excludes halogenated alkanes) is 5. The molecule has 0 fully saturated rings. The third-order valence-electron chi connectivity index (χ3n) is 6.01. The van der Waals surface area contributed by atoms with Gasteiger partial charge in [-0.1, -0.05) is 103 Å². The number of halogens is 1. The minimum absolute atomic E-state index is 0.304. The molecular weight excluding hydrogens is 486 g/mol. The molecule has 3 aromatic rings. The molecule has 0 atom stereocenters. The van der Waals surface area contributed by atoms with E-state index in [4.69, 9.17) is 4.74 Å². The van der Waals surface area contributed by atoms with Crippen LogP contribution in [-0.4, -0.2) is 11.9 Å². The standard InChI is InChI=1S/C30H30BrNO2/c1-2-3-4-5-6-7-9-22-12-14-24(15-13-22)25-16-18-26(19-17-25)29-32-28(30(33)34-29)21-23-10-8-11-27(31)20-23/h8,10-21H,2-7,9H2,1H3/b28-21-. The van der Waals surface area contributed by atoms with E-state index in [1.54, 1.807) is 6.08 Å². The van der Waals surface area contributed by atoms with Gasteiger partial charge in [0.2, 0.25) is 5.90 Å². The Bertz CT molecular complexity index is 1180. The zero-order valence-electron chi connectivity index (χ0n) is 19.6. The third-order valence-corrected chi connectivity index (χ3v) is 6.50. The topological polar surface area (TPSA) is 38.7 Å². The summed E-state index contributed by atoms with van der Waals surface area (Å²) in [5, 5.41) is 0. The van der Waals surface area contributed by atoms with Gasteiger partial charge in [0.15, 0.2) is 5.70 Å². The molecule has 4 rings (SSSR count). The number of aryl methyl sites for hydroxylation is 1. The van der Waals surface area contributed by atoms with Crippen molar-refractivity contribution in [3.8, 4) is 11.1 Å². The molecule has 0 radical (unpaired) electrons. The molecule has 0 aromatic heterocycles. The lowest BCUT2D eigenvalue weighted by Crippen LogP contribution is -2.05. The molecule has 0 unspecified atom stereocenters. The van der Waals surface area contributed by atoms with E-state index in [2.05, 4.69) is 52.1 Å². The summed E-state index contributed by atoms with van der Waals surface area (Å²) in [6.45, 7) is 2.26. The van der Waals surface area contributed by atoms with Gasteiger partial charge in [-0.2, -0.15) is 0 Å². The van der Waals surface area contributed by atoms with Crippen molar-refractivity contribution in [3.63, 3.8) is 0 Å². The van der Waals surface area contributed by atoms with E-state index in [-0.39, 0.29) is 0 Å². The highest BCUT2D eigenvalue weighted by molar-refractivity contribution is 9.10. The van der Waals surface area contributed by atoms with Gasteiger partial charge in [-0.25, -0.2) is 9.79 Å². The van der Waals surface area contributed by atoms with Crippen molar-refractivity contribution in [3.05, 3.63) is 99.7 Å². The van der Waals surface area contributed by atoms with E-state index >= 15 is 0 Å². The maximum Gasteiger partial charge on any atom is 0.363 e. The number of aliphatic imine (C=N–C) groups is 1. The average Bonchev–Trinajstić information content (AvgIpc) is 3.22. The summed E-state index contributed by atoms with van der Waals surface area (Å²) in [7, 11) is 0. The van der Waals surface area contributed by atoms with Crippen molar-refractivity contribution < 1.29 is 9.53 Å². The monoisotopic (exact) mass is 515 g/mol.